The summed E-state index contributed by atoms with van der Waals surface area (Å²) in [6, 6.07) is 6.42. The molecule has 1 aromatic carbocycles. The van der Waals surface area contributed by atoms with Crippen LogP contribution < -0.4 is 5.32 Å². The molecule has 4 heteroatoms. The van der Waals surface area contributed by atoms with Gasteiger partial charge in [-0.2, -0.15) is 0 Å². The summed E-state index contributed by atoms with van der Waals surface area (Å²) in [7, 11) is 0. The third kappa shape index (κ3) is 4.07. The van der Waals surface area contributed by atoms with Gasteiger partial charge in [0.25, 0.3) is 0 Å². The predicted molar refractivity (Wildman–Crippen MR) is 65.1 cm³/mol. The molecule has 0 amide bonds. The van der Waals surface area contributed by atoms with Gasteiger partial charge in [0.05, 0.1) is 12.2 Å². The molecule has 17 heavy (non-hydrogen) atoms. The van der Waals surface area contributed by atoms with Crippen LogP contribution in [-0.4, -0.2) is 29.0 Å². The quantitative estimate of drug-likeness (QED) is 0.709. The topological polar surface area (TPSA) is 52.5 Å². The van der Waals surface area contributed by atoms with Crippen LogP contribution in [0.2, 0.25) is 0 Å². The zero-order chi connectivity index (χ0) is 12.9. The van der Waals surface area contributed by atoms with Gasteiger partial charge in [-0.1, -0.05) is 25.1 Å². The van der Waals surface area contributed by atoms with Crippen molar-refractivity contribution >= 4 is 0 Å². The highest BCUT2D eigenvalue weighted by Crippen LogP contribution is 2.20. The smallest absolute Gasteiger partial charge is 0.127 e. The van der Waals surface area contributed by atoms with Crippen molar-refractivity contribution in [3.63, 3.8) is 0 Å². The van der Waals surface area contributed by atoms with E-state index < -0.39 is 5.60 Å². The molecule has 1 aromatic rings. The summed E-state index contributed by atoms with van der Waals surface area (Å²) in [5, 5.41) is 21.7. The fourth-order valence-electron chi connectivity index (χ4n) is 1.63. The first-order valence-corrected chi connectivity index (χ1v) is 5.81. The molecule has 2 unspecified atom stereocenters. The lowest BCUT2D eigenvalue weighted by molar-refractivity contribution is 0.000517. The number of aliphatic hydroxyl groups is 2. The highest BCUT2D eigenvalue weighted by Gasteiger charge is 2.21. The fraction of sp³-hybridized carbons (Fsp3) is 0.538. The molecule has 0 saturated heterocycles. The van der Waals surface area contributed by atoms with E-state index in [9.17, 15) is 9.50 Å². The molecule has 0 fully saturated rings. The van der Waals surface area contributed by atoms with Crippen molar-refractivity contribution in [3.8, 4) is 0 Å². The van der Waals surface area contributed by atoms with Gasteiger partial charge in [0, 0.05) is 18.2 Å². The molecule has 0 saturated carbocycles. The number of nitrogens with one attached hydrogen (secondary N) is 1. The second-order valence-corrected chi connectivity index (χ2v) is 4.52. The van der Waals surface area contributed by atoms with Gasteiger partial charge < -0.3 is 15.5 Å². The fourth-order valence-corrected chi connectivity index (χ4v) is 1.63. The Balaban J connectivity index is 2.70. The monoisotopic (exact) mass is 241 g/mol. The average molecular weight is 241 g/mol. The van der Waals surface area contributed by atoms with E-state index in [1.54, 1.807) is 18.2 Å². The van der Waals surface area contributed by atoms with Crippen LogP contribution in [0.3, 0.4) is 0 Å². The largest absolute Gasteiger partial charge is 0.393 e. The Morgan fingerprint density at radius 2 is 2.06 bits per heavy atom. The number of benzene rings is 1. The van der Waals surface area contributed by atoms with Crippen molar-refractivity contribution < 1.29 is 14.6 Å². The number of hydrogen-bond donors (Lipinski definition) is 3. The molecule has 0 heterocycles. The van der Waals surface area contributed by atoms with Crippen molar-refractivity contribution in [2.24, 2.45) is 0 Å². The summed E-state index contributed by atoms with van der Waals surface area (Å²) in [6.07, 6.45) is 0.711. The Labute approximate surface area is 101 Å². The van der Waals surface area contributed by atoms with Crippen LogP contribution in [0, 0.1) is 5.82 Å². The van der Waals surface area contributed by atoms with Gasteiger partial charge in [-0.3, -0.25) is 0 Å². The third-order valence-corrected chi connectivity index (χ3v) is 2.76. The lowest BCUT2D eigenvalue weighted by Gasteiger charge is -2.25. The highest BCUT2D eigenvalue weighted by atomic mass is 19.1. The van der Waals surface area contributed by atoms with Gasteiger partial charge in [0.1, 0.15) is 5.82 Å². The van der Waals surface area contributed by atoms with Gasteiger partial charge in [0.2, 0.25) is 0 Å². The van der Waals surface area contributed by atoms with Crippen LogP contribution in [0.1, 0.15) is 31.9 Å². The Kier molecular flexibility index (Phi) is 5.05. The number of rotatable bonds is 6. The van der Waals surface area contributed by atoms with Crippen molar-refractivity contribution in [2.75, 3.05) is 13.2 Å². The summed E-state index contributed by atoms with van der Waals surface area (Å²) < 4.78 is 13.6. The van der Waals surface area contributed by atoms with E-state index in [2.05, 4.69) is 5.32 Å². The van der Waals surface area contributed by atoms with Crippen LogP contribution in [0.15, 0.2) is 24.3 Å². The second kappa shape index (κ2) is 6.10. The van der Waals surface area contributed by atoms with E-state index in [1.165, 1.54) is 13.0 Å². The highest BCUT2D eigenvalue weighted by molar-refractivity contribution is 5.21. The van der Waals surface area contributed by atoms with E-state index in [0.29, 0.717) is 12.0 Å². The summed E-state index contributed by atoms with van der Waals surface area (Å²) in [5.74, 6) is -0.254. The van der Waals surface area contributed by atoms with Crippen molar-refractivity contribution in [2.45, 2.75) is 31.9 Å². The maximum Gasteiger partial charge on any atom is 0.127 e. The second-order valence-electron chi connectivity index (χ2n) is 4.52. The normalized spacial score (nSPS) is 16.5. The molecule has 0 aliphatic heterocycles. The first-order chi connectivity index (χ1) is 8.00. The van der Waals surface area contributed by atoms with Crippen molar-refractivity contribution in [1.29, 1.82) is 0 Å². The molecule has 0 aliphatic carbocycles. The Hall–Kier alpha value is -0.970. The number of aliphatic hydroxyl groups excluding tert-OH is 1. The predicted octanol–water partition coefficient (Wildman–Crippen LogP) is 1.61. The first kappa shape index (κ1) is 14.1. The molecule has 0 aliphatic rings. The maximum absolute atomic E-state index is 13.6. The van der Waals surface area contributed by atoms with E-state index in [-0.39, 0.29) is 25.0 Å². The van der Waals surface area contributed by atoms with Crippen molar-refractivity contribution in [3.05, 3.63) is 35.6 Å². The molecule has 0 spiro atoms. The lowest BCUT2D eigenvalue weighted by Crippen LogP contribution is -2.42. The minimum atomic E-state index is -1.18. The molecule has 3 N–H and O–H groups in total. The van der Waals surface area contributed by atoms with Gasteiger partial charge >= 0.3 is 0 Å². The number of hydrogen-bond acceptors (Lipinski definition) is 3. The molecule has 0 bridgehead atoms. The molecule has 1 rings (SSSR count). The molecular formula is C13H20FNO2. The summed E-state index contributed by atoms with van der Waals surface area (Å²) in [6.45, 7) is 3.37. The molecule has 0 radical (unpaired) electrons. The van der Waals surface area contributed by atoms with Crippen LogP contribution in [0.25, 0.3) is 0 Å². The zero-order valence-electron chi connectivity index (χ0n) is 10.3. The third-order valence-electron chi connectivity index (χ3n) is 2.76. The summed E-state index contributed by atoms with van der Waals surface area (Å²) in [4.78, 5) is 0. The van der Waals surface area contributed by atoms with E-state index in [0.717, 1.165) is 0 Å². The van der Waals surface area contributed by atoms with Crippen LogP contribution in [-0.2, 0) is 0 Å². The molecule has 96 valence electrons. The van der Waals surface area contributed by atoms with Gasteiger partial charge in [0.15, 0.2) is 0 Å². The van der Waals surface area contributed by atoms with Gasteiger partial charge in [-0.05, 0) is 19.4 Å². The van der Waals surface area contributed by atoms with E-state index >= 15 is 0 Å². The minimum Gasteiger partial charge on any atom is -0.393 e. The summed E-state index contributed by atoms with van der Waals surface area (Å²) >= 11 is 0. The first-order valence-electron chi connectivity index (χ1n) is 5.81. The Bertz CT molecular complexity index is 355. The number of halogens is 1. The molecular weight excluding hydrogens is 221 g/mol. The van der Waals surface area contributed by atoms with Gasteiger partial charge in [-0.15, -0.1) is 0 Å². The van der Waals surface area contributed by atoms with Crippen LogP contribution >= 0.6 is 0 Å². The summed E-state index contributed by atoms with van der Waals surface area (Å²) in [5.41, 5.74) is -0.595. The molecule has 0 aromatic heterocycles. The maximum atomic E-state index is 13.6. The van der Waals surface area contributed by atoms with Gasteiger partial charge in [-0.25, -0.2) is 4.39 Å². The Morgan fingerprint density at radius 3 is 2.59 bits per heavy atom. The SMILES string of the molecule is CCC(NCC(C)(O)CO)c1ccccc1F. The zero-order valence-corrected chi connectivity index (χ0v) is 10.3. The minimum absolute atomic E-state index is 0.158. The lowest BCUT2D eigenvalue weighted by atomic mass is 10.0. The van der Waals surface area contributed by atoms with E-state index in [1.807, 2.05) is 6.92 Å². The molecule has 3 nitrogen and oxygen atoms in total. The Morgan fingerprint density at radius 1 is 1.41 bits per heavy atom. The van der Waals surface area contributed by atoms with Crippen LogP contribution in [0.5, 0.6) is 0 Å². The van der Waals surface area contributed by atoms with Crippen LogP contribution in [0.4, 0.5) is 4.39 Å². The average Bonchev–Trinajstić information content (AvgIpc) is 2.32. The standard InChI is InChI=1S/C13H20FNO2/c1-3-12(15-8-13(2,17)9-16)10-6-4-5-7-11(10)14/h4-7,12,15-17H,3,8-9H2,1-2H3. The van der Waals surface area contributed by atoms with E-state index in [4.69, 9.17) is 5.11 Å². The van der Waals surface area contributed by atoms with Crippen molar-refractivity contribution in [1.82, 2.24) is 5.32 Å². The molecule has 2 atom stereocenters.